The van der Waals surface area contributed by atoms with E-state index in [0.717, 1.165) is 19.5 Å². The van der Waals surface area contributed by atoms with E-state index in [-0.39, 0.29) is 5.82 Å². The summed E-state index contributed by atoms with van der Waals surface area (Å²) in [5.41, 5.74) is 0.932. The second kappa shape index (κ2) is 6.32. The minimum atomic E-state index is -0.311. The van der Waals surface area contributed by atoms with E-state index in [2.05, 4.69) is 9.97 Å². The Hall–Kier alpha value is -2.14. The lowest BCUT2D eigenvalue weighted by molar-refractivity contribution is 0.563. The molecule has 2 aromatic heterocycles. The maximum absolute atomic E-state index is 14.4. The predicted octanol–water partition coefficient (Wildman–Crippen LogP) is 3.94. The number of halogens is 2. The Labute approximate surface area is 133 Å². The van der Waals surface area contributed by atoms with Gasteiger partial charge in [0, 0.05) is 37.9 Å². The molecular weight excluding hydrogens is 303 g/mol. The average Bonchev–Trinajstić information content (AvgIpc) is 3.16. The molecule has 0 aliphatic rings. The van der Waals surface area contributed by atoms with Crippen LogP contribution in [0.1, 0.15) is 12.0 Å². The summed E-state index contributed by atoms with van der Waals surface area (Å²) in [5.74, 6) is 0.256. The van der Waals surface area contributed by atoms with E-state index >= 15 is 0 Å². The van der Waals surface area contributed by atoms with Gasteiger partial charge in [0.15, 0.2) is 0 Å². The van der Waals surface area contributed by atoms with E-state index in [1.165, 1.54) is 0 Å². The van der Waals surface area contributed by atoms with Crippen molar-refractivity contribution in [1.29, 1.82) is 0 Å². The quantitative estimate of drug-likeness (QED) is 0.714. The van der Waals surface area contributed by atoms with Crippen LogP contribution in [0.4, 0.5) is 4.39 Å². The fourth-order valence-corrected chi connectivity index (χ4v) is 2.65. The third-order valence-electron chi connectivity index (χ3n) is 3.60. The van der Waals surface area contributed by atoms with Gasteiger partial charge in [-0.25, -0.2) is 14.4 Å². The first-order valence-corrected chi connectivity index (χ1v) is 7.46. The van der Waals surface area contributed by atoms with Gasteiger partial charge in [-0.05, 0) is 25.0 Å². The van der Waals surface area contributed by atoms with Crippen molar-refractivity contribution in [2.45, 2.75) is 26.4 Å². The highest BCUT2D eigenvalue weighted by Gasteiger charge is 2.16. The van der Waals surface area contributed by atoms with E-state index in [4.69, 9.17) is 11.6 Å². The van der Waals surface area contributed by atoms with Crippen LogP contribution in [0.2, 0.25) is 5.02 Å². The van der Waals surface area contributed by atoms with Crippen LogP contribution in [-0.2, 0) is 13.1 Å². The van der Waals surface area contributed by atoms with Crippen LogP contribution in [0.3, 0.4) is 0 Å². The number of rotatable bonds is 5. The van der Waals surface area contributed by atoms with E-state index in [1.807, 2.05) is 21.5 Å². The SMILES string of the molecule is Cc1ccc(Cl)c(-c2nccn2CCCn2ccnc2)c1F. The van der Waals surface area contributed by atoms with Gasteiger partial charge in [-0.3, -0.25) is 0 Å². The van der Waals surface area contributed by atoms with E-state index in [9.17, 15) is 4.39 Å². The molecule has 0 atom stereocenters. The summed E-state index contributed by atoms with van der Waals surface area (Å²) in [7, 11) is 0. The van der Waals surface area contributed by atoms with E-state index in [0.29, 0.717) is 22.0 Å². The van der Waals surface area contributed by atoms with Crippen molar-refractivity contribution >= 4 is 11.6 Å². The van der Waals surface area contributed by atoms with Gasteiger partial charge >= 0.3 is 0 Å². The van der Waals surface area contributed by atoms with Crippen LogP contribution >= 0.6 is 11.6 Å². The Kier molecular flexibility index (Phi) is 4.24. The first-order chi connectivity index (χ1) is 10.7. The van der Waals surface area contributed by atoms with Crippen molar-refractivity contribution in [3.8, 4) is 11.4 Å². The molecule has 22 heavy (non-hydrogen) atoms. The zero-order chi connectivity index (χ0) is 15.5. The molecule has 3 rings (SSSR count). The van der Waals surface area contributed by atoms with Crippen LogP contribution in [0.5, 0.6) is 0 Å². The Morgan fingerprint density at radius 1 is 1.18 bits per heavy atom. The molecule has 4 nitrogen and oxygen atoms in total. The molecule has 0 saturated heterocycles. The summed E-state index contributed by atoms with van der Waals surface area (Å²) in [6.45, 7) is 3.31. The molecule has 0 aliphatic heterocycles. The molecule has 0 radical (unpaired) electrons. The van der Waals surface area contributed by atoms with Crippen LogP contribution < -0.4 is 0 Å². The molecule has 0 bridgehead atoms. The number of imidazole rings is 2. The van der Waals surface area contributed by atoms with Crippen molar-refractivity contribution in [2.75, 3.05) is 0 Å². The topological polar surface area (TPSA) is 35.6 Å². The molecule has 1 aromatic carbocycles. The molecular formula is C16H16ClFN4. The predicted molar refractivity (Wildman–Crippen MR) is 84.2 cm³/mol. The molecule has 3 aromatic rings. The highest BCUT2D eigenvalue weighted by molar-refractivity contribution is 6.33. The number of nitrogens with zero attached hydrogens (tertiary/aromatic N) is 4. The van der Waals surface area contributed by atoms with Crippen molar-refractivity contribution in [2.24, 2.45) is 0 Å². The minimum absolute atomic E-state index is 0.311. The van der Waals surface area contributed by atoms with Crippen molar-refractivity contribution < 1.29 is 4.39 Å². The second-order valence-electron chi connectivity index (χ2n) is 5.15. The Morgan fingerprint density at radius 2 is 2.05 bits per heavy atom. The lowest BCUT2D eigenvalue weighted by Crippen LogP contribution is -2.05. The van der Waals surface area contributed by atoms with Gasteiger partial charge in [0.1, 0.15) is 11.6 Å². The number of aryl methyl sites for hydroxylation is 3. The highest BCUT2D eigenvalue weighted by atomic mass is 35.5. The van der Waals surface area contributed by atoms with Crippen LogP contribution in [-0.4, -0.2) is 19.1 Å². The zero-order valence-corrected chi connectivity index (χ0v) is 13.0. The van der Waals surface area contributed by atoms with Crippen molar-refractivity contribution in [1.82, 2.24) is 19.1 Å². The largest absolute Gasteiger partial charge is 0.337 e. The summed E-state index contributed by atoms with van der Waals surface area (Å²) < 4.78 is 18.3. The summed E-state index contributed by atoms with van der Waals surface area (Å²) in [6, 6.07) is 3.38. The maximum atomic E-state index is 14.4. The molecule has 6 heteroatoms. The van der Waals surface area contributed by atoms with Gasteiger partial charge in [-0.1, -0.05) is 17.7 Å². The van der Waals surface area contributed by atoms with Gasteiger partial charge in [0.2, 0.25) is 0 Å². The highest BCUT2D eigenvalue weighted by Crippen LogP contribution is 2.31. The summed E-state index contributed by atoms with van der Waals surface area (Å²) in [4.78, 5) is 8.30. The fourth-order valence-electron chi connectivity index (χ4n) is 2.42. The lowest BCUT2D eigenvalue weighted by Gasteiger charge is -2.11. The van der Waals surface area contributed by atoms with E-state index in [1.54, 1.807) is 37.8 Å². The van der Waals surface area contributed by atoms with Gasteiger partial charge in [0.25, 0.3) is 0 Å². The van der Waals surface area contributed by atoms with Gasteiger partial charge < -0.3 is 9.13 Å². The zero-order valence-electron chi connectivity index (χ0n) is 12.2. The summed E-state index contributed by atoms with van der Waals surface area (Å²) in [6.07, 6.45) is 9.87. The van der Waals surface area contributed by atoms with Crippen molar-refractivity contribution in [3.05, 3.63) is 59.7 Å². The third kappa shape index (κ3) is 2.90. The van der Waals surface area contributed by atoms with Crippen LogP contribution in [0.25, 0.3) is 11.4 Å². The monoisotopic (exact) mass is 318 g/mol. The molecule has 114 valence electrons. The fraction of sp³-hybridized carbons (Fsp3) is 0.250. The number of benzene rings is 1. The average molecular weight is 319 g/mol. The maximum Gasteiger partial charge on any atom is 0.144 e. The number of hydrogen-bond donors (Lipinski definition) is 0. The van der Waals surface area contributed by atoms with Crippen LogP contribution in [0, 0.1) is 12.7 Å². The van der Waals surface area contributed by atoms with Crippen molar-refractivity contribution in [3.63, 3.8) is 0 Å². The molecule has 0 fully saturated rings. The summed E-state index contributed by atoms with van der Waals surface area (Å²) in [5, 5.41) is 0.380. The second-order valence-corrected chi connectivity index (χ2v) is 5.56. The standard InChI is InChI=1S/C16H16ClFN4/c1-12-3-4-13(17)14(15(12)18)16-20-6-10-22(16)8-2-7-21-9-5-19-11-21/h3-6,9-11H,2,7-8H2,1H3. The molecule has 0 unspecified atom stereocenters. The minimum Gasteiger partial charge on any atom is -0.337 e. The van der Waals surface area contributed by atoms with Gasteiger partial charge in [0.05, 0.1) is 16.9 Å². The third-order valence-corrected chi connectivity index (χ3v) is 3.91. The number of hydrogen-bond acceptors (Lipinski definition) is 2. The summed E-state index contributed by atoms with van der Waals surface area (Å²) >= 11 is 6.17. The van der Waals surface area contributed by atoms with E-state index < -0.39 is 0 Å². The first kappa shape index (κ1) is 14.8. The van der Waals surface area contributed by atoms with Gasteiger partial charge in [-0.2, -0.15) is 0 Å². The molecule has 0 saturated carbocycles. The molecule has 0 aliphatic carbocycles. The number of aromatic nitrogens is 4. The lowest BCUT2D eigenvalue weighted by atomic mass is 10.1. The molecule has 2 heterocycles. The molecule has 0 amide bonds. The van der Waals surface area contributed by atoms with Crippen LogP contribution in [0.15, 0.2) is 43.2 Å². The van der Waals surface area contributed by atoms with Gasteiger partial charge in [-0.15, -0.1) is 0 Å². The smallest absolute Gasteiger partial charge is 0.144 e. The Bertz CT molecular complexity index is 765. The normalized spacial score (nSPS) is 11.0. The Morgan fingerprint density at radius 3 is 2.82 bits per heavy atom. The molecule has 0 spiro atoms. The Balaban J connectivity index is 1.82. The molecule has 0 N–H and O–H groups in total. The first-order valence-electron chi connectivity index (χ1n) is 7.08.